The fourth-order valence-corrected chi connectivity index (χ4v) is 3.11. The third kappa shape index (κ3) is 4.41. The van der Waals surface area contributed by atoms with E-state index in [2.05, 4.69) is 0 Å². The smallest absolute Gasteiger partial charge is 0.331 e. The Hall–Kier alpha value is -2.98. The molecule has 0 atom stereocenters. The maximum Gasteiger partial charge on any atom is 0.331 e. The lowest BCUT2D eigenvalue weighted by molar-refractivity contribution is -0.138. The molecule has 0 saturated heterocycles. The van der Waals surface area contributed by atoms with Gasteiger partial charge < -0.3 is 14.2 Å². The average molecular weight is 383 g/mol. The van der Waals surface area contributed by atoms with E-state index in [4.69, 9.17) is 25.8 Å². The number of esters is 1. The zero-order valence-corrected chi connectivity index (χ0v) is 15.8. The number of carbonyl (C=O) groups is 1. The number of ether oxygens (including phenoxy) is 3. The van der Waals surface area contributed by atoms with E-state index in [0.717, 1.165) is 16.3 Å². The number of hydrogen-bond acceptors (Lipinski definition) is 4. The van der Waals surface area contributed by atoms with Crippen LogP contribution in [0.2, 0.25) is 5.02 Å². The summed E-state index contributed by atoms with van der Waals surface area (Å²) in [7, 11) is 3.05. The molecule has 3 aromatic carbocycles. The van der Waals surface area contributed by atoms with E-state index in [1.54, 1.807) is 18.2 Å². The lowest BCUT2D eigenvalue weighted by Gasteiger charge is -2.10. The fourth-order valence-electron chi connectivity index (χ4n) is 2.81. The molecule has 0 heterocycles. The van der Waals surface area contributed by atoms with Gasteiger partial charge in [-0.15, -0.1) is 0 Å². The summed E-state index contributed by atoms with van der Waals surface area (Å²) in [5.74, 6) is 0.512. The minimum atomic E-state index is -0.436. The van der Waals surface area contributed by atoms with Crippen molar-refractivity contribution in [1.29, 1.82) is 0 Å². The molecule has 0 amide bonds. The highest BCUT2D eigenvalue weighted by Crippen LogP contribution is 2.36. The van der Waals surface area contributed by atoms with Gasteiger partial charge in [-0.2, -0.15) is 0 Å². The van der Waals surface area contributed by atoms with Crippen LogP contribution in [-0.4, -0.2) is 20.2 Å². The van der Waals surface area contributed by atoms with Gasteiger partial charge in [-0.1, -0.05) is 54.1 Å². The molecule has 138 valence electrons. The first-order valence-corrected chi connectivity index (χ1v) is 8.73. The molecule has 27 heavy (non-hydrogen) atoms. The molecular weight excluding hydrogens is 364 g/mol. The second-order valence-corrected chi connectivity index (χ2v) is 6.22. The molecule has 0 bridgehead atoms. The highest BCUT2D eigenvalue weighted by Gasteiger charge is 2.10. The number of hydrogen-bond donors (Lipinski definition) is 0. The van der Waals surface area contributed by atoms with E-state index >= 15 is 0 Å². The summed E-state index contributed by atoms with van der Waals surface area (Å²) < 4.78 is 15.8. The Bertz CT molecular complexity index is 990. The van der Waals surface area contributed by atoms with Gasteiger partial charge in [0.05, 0.1) is 19.2 Å². The summed E-state index contributed by atoms with van der Waals surface area (Å²) >= 11 is 6.17. The van der Waals surface area contributed by atoms with Crippen LogP contribution in [0, 0.1) is 0 Å². The van der Waals surface area contributed by atoms with Crippen LogP contribution < -0.4 is 9.47 Å². The Balaban J connectivity index is 1.70. The van der Waals surface area contributed by atoms with Crippen molar-refractivity contribution >= 4 is 34.4 Å². The lowest BCUT2D eigenvalue weighted by atomic mass is 10.1. The number of methoxy groups -OCH3 is 2. The number of fused-ring (bicyclic) bond motifs is 1. The van der Waals surface area contributed by atoms with Gasteiger partial charge in [-0.25, -0.2) is 4.79 Å². The van der Waals surface area contributed by atoms with Crippen LogP contribution in [0.4, 0.5) is 0 Å². The van der Waals surface area contributed by atoms with Crippen LogP contribution in [-0.2, 0) is 16.1 Å². The van der Waals surface area contributed by atoms with Gasteiger partial charge in [-0.05, 0) is 40.1 Å². The molecule has 0 aromatic heterocycles. The topological polar surface area (TPSA) is 44.8 Å². The molecular formula is C22H19ClO4. The van der Waals surface area contributed by atoms with Gasteiger partial charge in [0, 0.05) is 6.08 Å². The average Bonchev–Trinajstić information content (AvgIpc) is 2.70. The van der Waals surface area contributed by atoms with Crippen LogP contribution in [0.1, 0.15) is 11.1 Å². The van der Waals surface area contributed by atoms with Gasteiger partial charge in [0.1, 0.15) is 6.61 Å². The van der Waals surface area contributed by atoms with E-state index in [-0.39, 0.29) is 6.61 Å². The number of halogens is 1. The summed E-state index contributed by atoms with van der Waals surface area (Å²) in [6.45, 7) is 0.206. The minimum Gasteiger partial charge on any atom is -0.493 e. The summed E-state index contributed by atoms with van der Waals surface area (Å²) in [4.78, 5) is 12.1. The van der Waals surface area contributed by atoms with E-state index in [1.807, 2.05) is 42.5 Å². The first-order chi connectivity index (χ1) is 13.1. The van der Waals surface area contributed by atoms with Gasteiger partial charge in [0.2, 0.25) is 0 Å². The van der Waals surface area contributed by atoms with E-state index in [9.17, 15) is 4.79 Å². The van der Waals surface area contributed by atoms with Crippen molar-refractivity contribution in [2.75, 3.05) is 14.2 Å². The van der Waals surface area contributed by atoms with Crippen LogP contribution in [0.5, 0.6) is 11.5 Å². The van der Waals surface area contributed by atoms with Gasteiger partial charge in [0.15, 0.2) is 11.5 Å². The Morgan fingerprint density at radius 1 is 1.04 bits per heavy atom. The van der Waals surface area contributed by atoms with Crippen LogP contribution in [0.3, 0.4) is 0 Å². The fraction of sp³-hybridized carbons (Fsp3) is 0.136. The minimum absolute atomic E-state index is 0.206. The van der Waals surface area contributed by atoms with E-state index < -0.39 is 5.97 Å². The lowest BCUT2D eigenvalue weighted by Crippen LogP contribution is -2.01. The number of carbonyl (C=O) groups excluding carboxylic acids is 1. The molecule has 0 saturated carbocycles. The number of benzene rings is 3. The standard InChI is InChI=1S/C22H19ClO4/c1-25-20-13-15(12-19(23)22(20)26-2)10-11-21(24)27-14-17-8-5-7-16-6-3-4-9-18(16)17/h3-13H,14H2,1-2H3. The third-order valence-electron chi connectivity index (χ3n) is 4.12. The second kappa shape index (κ2) is 8.60. The maximum absolute atomic E-state index is 12.1. The zero-order chi connectivity index (χ0) is 19.2. The zero-order valence-electron chi connectivity index (χ0n) is 15.1. The van der Waals surface area contributed by atoms with Crippen molar-refractivity contribution in [3.05, 3.63) is 76.8 Å². The second-order valence-electron chi connectivity index (χ2n) is 5.82. The van der Waals surface area contributed by atoms with E-state index in [0.29, 0.717) is 22.1 Å². The third-order valence-corrected chi connectivity index (χ3v) is 4.40. The number of rotatable bonds is 6. The largest absolute Gasteiger partial charge is 0.493 e. The van der Waals surface area contributed by atoms with Crippen molar-refractivity contribution in [3.63, 3.8) is 0 Å². The molecule has 4 nitrogen and oxygen atoms in total. The van der Waals surface area contributed by atoms with Gasteiger partial charge in [-0.3, -0.25) is 0 Å². The quantitative estimate of drug-likeness (QED) is 0.430. The Labute approximate surface area is 162 Å². The summed E-state index contributed by atoms with van der Waals surface area (Å²) in [6, 6.07) is 17.4. The first kappa shape index (κ1) is 18.8. The van der Waals surface area contributed by atoms with Gasteiger partial charge >= 0.3 is 5.97 Å². The van der Waals surface area contributed by atoms with Crippen LogP contribution in [0.15, 0.2) is 60.7 Å². The van der Waals surface area contributed by atoms with Crippen molar-refractivity contribution in [3.8, 4) is 11.5 Å². The SMILES string of the molecule is COc1cc(C=CC(=O)OCc2cccc3ccccc23)cc(Cl)c1OC. The van der Waals surface area contributed by atoms with E-state index in [1.165, 1.54) is 20.3 Å². The summed E-state index contributed by atoms with van der Waals surface area (Å²) in [5.41, 5.74) is 1.67. The molecule has 0 aliphatic rings. The van der Waals surface area contributed by atoms with Crippen LogP contribution >= 0.6 is 11.6 Å². The maximum atomic E-state index is 12.1. The van der Waals surface area contributed by atoms with Crippen LogP contribution in [0.25, 0.3) is 16.8 Å². The highest BCUT2D eigenvalue weighted by atomic mass is 35.5. The van der Waals surface area contributed by atoms with Crippen molar-refractivity contribution < 1.29 is 19.0 Å². The molecule has 0 spiro atoms. The molecule has 0 unspecified atom stereocenters. The highest BCUT2D eigenvalue weighted by molar-refractivity contribution is 6.32. The first-order valence-electron chi connectivity index (χ1n) is 8.35. The molecule has 3 aromatic rings. The van der Waals surface area contributed by atoms with Crippen molar-refractivity contribution in [1.82, 2.24) is 0 Å². The predicted molar refractivity (Wildman–Crippen MR) is 107 cm³/mol. The molecule has 0 aliphatic heterocycles. The Morgan fingerprint density at radius 2 is 1.81 bits per heavy atom. The summed E-state index contributed by atoms with van der Waals surface area (Å²) in [5, 5.41) is 2.59. The monoisotopic (exact) mass is 382 g/mol. The van der Waals surface area contributed by atoms with Crippen molar-refractivity contribution in [2.45, 2.75) is 6.61 Å². The predicted octanol–water partition coefficient (Wildman–Crippen LogP) is 5.27. The molecule has 0 N–H and O–H groups in total. The molecule has 0 fully saturated rings. The Morgan fingerprint density at radius 3 is 2.59 bits per heavy atom. The molecule has 3 rings (SSSR count). The normalized spacial score (nSPS) is 10.9. The molecule has 0 aliphatic carbocycles. The molecule has 0 radical (unpaired) electrons. The summed E-state index contributed by atoms with van der Waals surface area (Å²) in [6.07, 6.45) is 2.99. The van der Waals surface area contributed by atoms with Gasteiger partial charge in [0.25, 0.3) is 0 Å². The van der Waals surface area contributed by atoms with Crippen molar-refractivity contribution in [2.24, 2.45) is 0 Å². The molecule has 5 heteroatoms. The Kier molecular flexibility index (Phi) is 5.99.